The summed E-state index contributed by atoms with van der Waals surface area (Å²) in [6.07, 6.45) is 12.5. The lowest BCUT2D eigenvalue weighted by atomic mass is 9.46. The van der Waals surface area contributed by atoms with E-state index >= 15 is 0 Å². The fourth-order valence-electron chi connectivity index (χ4n) is 9.33. The fourth-order valence-corrected chi connectivity index (χ4v) is 9.33. The van der Waals surface area contributed by atoms with Crippen molar-refractivity contribution in [3.05, 3.63) is 23.8 Å². The van der Waals surface area contributed by atoms with Crippen LogP contribution >= 0.6 is 0 Å². The number of aliphatic hydroxyl groups excluding tert-OH is 2. The Bertz CT molecular complexity index is 949. The Labute approximate surface area is 201 Å². The van der Waals surface area contributed by atoms with Gasteiger partial charge in [0, 0.05) is 22.7 Å². The van der Waals surface area contributed by atoms with E-state index in [4.69, 9.17) is 9.47 Å². The van der Waals surface area contributed by atoms with Gasteiger partial charge in [-0.05, 0) is 62.5 Å². The van der Waals surface area contributed by atoms with Crippen molar-refractivity contribution in [3.8, 4) is 0 Å². The summed E-state index contributed by atoms with van der Waals surface area (Å²) >= 11 is 0. The molecule has 0 radical (unpaired) electrons. The number of aliphatic hydroxyl groups is 2. The first kappa shape index (κ1) is 23.1. The average molecular weight is 471 g/mol. The van der Waals surface area contributed by atoms with Gasteiger partial charge in [-0.15, -0.1) is 0 Å². The maximum absolute atomic E-state index is 13.5. The molecule has 9 atom stereocenters. The van der Waals surface area contributed by atoms with Crippen LogP contribution < -0.4 is 0 Å². The first-order valence-electron chi connectivity index (χ1n) is 13.3. The summed E-state index contributed by atoms with van der Waals surface area (Å²) in [6, 6.07) is 0. The lowest BCUT2D eigenvalue weighted by molar-refractivity contribution is -0.209. The zero-order valence-corrected chi connectivity index (χ0v) is 20.4. The number of allylic oxidation sites excluding steroid dienone is 4. The third-order valence-electron chi connectivity index (χ3n) is 10.8. The van der Waals surface area contributed by atoms with E-state index in [0.717, 1.165) is 50.5 Å². The summed E-state index contributed by atoms with van der Waals surface area (Å²) in [5.41, 5.74) is -1.04. The number of carbonyl (C=O) groups is 2. The maximum atomic E-state index is 13.5. The standard InChI is InChI=1S/C28H38O6/c1-26-11-10-18(30)12-17(26)8-9-19-20-13-23-28(22(32)15-29,27(20,2)14-21(31)24(19)26)34-25(33-23)16-6-4-3-5-7-16/h10-12,16,19-21,23-25,29,31H,3-9,13-15H2,1-2H3/t19-,20+,21-,23+,24-,25+,26-,27-,28+/m0/s1. The van der Waals surface area contributed by atoms with E-state index in [-0.39, 0.29) is 46.8 Å². The summed E-state index contributed by atoms with van der Waals surface area (Å²) in [4.78, 5) is 25.6. The monoisotopic (exact) mass is 470 g/mol. The van der Waals surface area contributed by atoms with Gasteiger partial charge < -0.3 is 19.7 Å². The van der Waals surface area contributed by atoms with Crippen LogP contribution in [-0.4, -0.2) is 52.5 Å². The molecule has 0 bridgehead atoms. The van der Waals surface area contributed by atoms with Crippen LogP contribution in [0.3, 0.4) is 0 Å². The molecule has 6 nitrogen and oxygen atoms in total. The van der Waals surface area contributed by atoms with Crippen LogP contribution in [0.25, 0.3) is 0 Å². The molecular weight excluding hydrogens is 432 g/mol. The Balaban J connectivity index is 1.37. The van der Waals surface area contributed by atoms with Crippen LogP contribution in [0.5, 0.6) is 0 Å². The highest BCUT2D eigenvalue weighted by molar-refractivity contribution is 6.01. The van der Waals surface area contributed by atoms with Crippen LogP contribution in [-0.2, 0) is 19.1 Å². The molecule has 6 heteroatoms. The number of carbonyl (C=O) groups excluding carboxylic acids is 2. The van der Waals surface area contributed by atoms with E-state index < -0.39 is 30.0 Å². The van der Waals surface area contributed by atoms with Crippen molar-refractivity contribution in [1.29, 1.82) is 0 Å². The van der Waals surface area contributed by atoms with Gasteiger partial charge in [0.1, 0.15) is 6.61 Å². The highest BCUT2D eigenvalue weighted by Gasteiger charge is 2.76. The van der Waals surface area contributed by atoms with Gasteiger partial charge in [-0.25, -0.2) is 0 Å². The van der Waals surface area contributed by atoms with Crippen LogP contribution in [0, 0.1) is 34.5 Å². The van der Waals surface area contributed by atoms with Crippen LogP contribution in [0.1, 0.15) is 71.6 Å². The number of ether oxygens (including phenoxy) is 2. The summed E-state index contributed by atoms with van der Waals surface area (Å²) in [6.45, 7) is 3.69. The molecule has 0 unspecified atom stereocenters. The molecule has 0 aromatic carbocycles. The highest BCUT2D eigenvalue weighted by Crippen LogP contribution is 2.70. The van der Waals surface area contributed by atoms with Gasteiger partial charge in [0.05, 0.1) is 12.2 Å². The number of Topliss-reactive ketones (excluding diaryl/α,β-unsaturated/α-hetero) is 1. The Morgan fingerprint density at radius 2 is 1.94 bits per heavy atom. The second-order valence-corrected chi connectivity index (χ2v) is 12.3. The summed E-state index contributed by atoms with van der Waals surface area (Å²) in [7, 11) is 0. The van der Waals surface area contributed by atoms with Gasteiger partial charge in [-0.1, -0.05) is 44.8 Å². The number of hydrogen-bond acceptors (Lipinski definition) is 6. The molecular formula is C28H38O6. The Hall–Kier alpha value is -1.34. The van der Waals surface area contributed by atoms with Crippen molar-refractivity contribution >= 4 is 11.6 Å². The van der Waals surface area contributed by atoms with Gasteiger partial charge >= 0.3 is 0 Å². The third kappa shape index (κ3) is 2.89. The lowest BCUT2D eigenvalue weighted by Gasteiger charge is -2.59. The van der Waals surface area contributed by atoms with E-state index in [9.17, 15) is 19.8 Å². The molecule has 6 aliphatic rings. The lowest BCUT2D eigenvalue weighted by Crippen LogP contribution is -2.63. The van der Waals surface area contributed by atoms with Crippen LogP contribution in [0.15, 0.2) is 23.8 Å². The van der Waals surface area contributed by atoms with Gasteiger partial charge in [0.15, 0.2) is 23.5 Å². The molecule has 34 heavy (non-hydrogen) atoms. The zero-order valence-electron chi connectivity index (χ0n) is 20.4. The minimum absolute atomic E-state index is 0.0100. The quantitative estimate of drug-likeness (QED) is 0.656. The van der Waals surface area contributed by atoms with E-state index in [0.29, 0.717) is 6.42 Å². The van der Waals surface area contributed by atoms with E-state index in [1.165, 1.54) is 6.42 Å². The van der Waals surface area contributed by atoms with Crippen molar-refractivity contribution in [3.63, 3.8) is 0 Å². The molecule has 186 valence electrons. The van der Waals surface area contributed by atoms with Crippen molar-refractivity contribution in [2.45, 2.75) is 95.7 Å². The van der Waals surface area contributed by atoms with E-state index in [2.05, 4.69) is 13.8 Å². The molecule has 6 rings (SSSR count). The van der Waals surface area contributed by atoms with E-state index in [1.807, 2.05) is 6.08 Å². The Morgan fingerprint density at radius 1 is 1.18 bits per heavy atom. The van der Waals surface area contributed by atoms with Gasteiger partial charge in [0.2, 0.25) is 0 Å². The van der Waals surface area contributed by atoms with Crippen LogP contribution in [0.4, 0.5) is 0 Å². The molecule has 0 aromatic rings. The minimum Gasteiger partial charge on any atom is -0.393 e. The van der Waals surface area contributed by atoms with Gasteiger partial charge in [-0.2, -0.15) is 0 Å². The second kappa shape index (κ2) is 7.83. The summed E-state index contributed by atoms with van der Waals surface area (Å²) in [5.74, 6) is 0.360. The molecule has 5 aliphatic carbocycles. The predicted octanol–water partition coefficient (Wildman–Crippen LogP) is 3.50. The minimum atomic E-state index is -1.20. The largest absolute Gasteiger partial charge is 0.393 e. The molecule has 1 aliphatic heterocycles. The van der Waals surface area contributed by atoms with Crippen molar-refractivity contribution < 1.29 is 29.3 Å². The first-order chi connectivity index (χ1) is 16.2. The van der Waals surface area contributed by atoms with Crippen molar-refractivity contribution in [2.75, 3.05) is 6.61 Å². The summed E-state index contributed by atoms with van der Waals surface area (Å²) < 4.78 is 13.3. The van der Waals surface area contributed by atoms with E-state index in [1.54, 1.807) is 12.2 Å². The summed E-state index contributed by atoms with van der Waals surface area (Å²) in [5, 5.41) is 21.7. The van der Waals surface area contributed by atoms with Crippen molar-refractivity contribution in [2.24, 2.45) is 34.5 Å². The third-order valence-corrected chi connectivity index (χ3v) is 10.8. The number of hydrogen-bond donors (Lipinski definition) is 2. The topological polar surface area (TPSA) is 93.1 Å². The smallest absolute Gasteiger partial charge is 0.193 e. The molecule has 0 amide bonds. The van der Waals surface area contributed by atoms with Crippen LogP contribution in [0.2, 0.25) is 0 Å². The molecule has 5 fully saturated rings. The first-order valence-corrected chi connectivity index (χ1v) is 13.3. The molecule has 4 saturated carbocycles. The molecule has 1 heterocycles. The number of ketones is 2. The Morgan fingerprint density at radius 3 is 2.68 bits per heavy atom. The second-order valence-electron chi connectivity index (χ2n) is 12.3. The SMILES string of the molecule is C[C@]12C=CC(=O)C=C1CC[C@@H]1[C@H]2[C@@H](O)C[C@@]2(C)[C@@H]1C[C@H]1O[C@@H](C3CCCCC3)O[C@]12C(=O)CO. The highest BCUT2D eigenvalue weighted by atomic mass is 16.7. The van der Waals surface area contributed by atoms with Gasteiger partial charge in [-0.3, -0.25) is 9.59 Å². The molecule has 2 N–H and O–H groups in total. The fraction of sp³-hybridized carbons (Fsp3) is 0.786. The molecule has 1 saturated heterocycles. The molecule has 0 spiro atoms. The maximum Gasteiger partial charge on any atom is 0.193 e. The average Bonchev–Trinajstić information content (AvgIpc) is 3.32. The number of rotatable bonds is 3. The normalized spacial score (nSPS) is 50.2. The van der Waals surface area contributed by atoms with Crippen molar-refractivity contribution in [1.82, 2.24) is 0 Å². The predicted molar refractivity (Wildman–Crippen MR) is 125 cm³/mol. The zero-order chi connectivity index (χ0) is 23.9. The molecule has 0 aromatic heterocycles. The Kier molecular flexibility index (Phi) is 5.31. The van der Waals surface area contributed by atoms with Gasteiger partial charge in [0.25, 0.3) is 0 Å². The number of fused-ring (bicyclic) bond motifs is 7.